The Morgan fingerprint density at radius 1 is 0.909 bits per heavy atom. The molecule has 2 aromatic rings. The van der Waals surface area contributed by atoms with Crippen molar-refractivity contribution in [2.75, 3.05) is 18.0 Å². The second-order valence-electron chi connectivity index (χ2n) is 6.13. The predicted octanol–water partition coefficient (Wildman–Crippen LogP) is 2.95. The van der Waals surface area contributed by atoms with E-state index < -0.39 is 5.72 Å². The maximum atomic E-state index is 11.5. The number of anilines is 1. The molecule has 3 heteroatoms. The van der Waals surface area contributed by atoms with Gasteiger partial charge in [0.05, 0.1) is 6.54 Å². The van der Waals surface area contributed by atoms with E-state index in [1.54, 1.807) is 0 Å². The zero-order chi connectivity index (χ0) is 15.0. The van der Waals surface area contributed by atoms with E-state index in [4.69, 9.17) is 0 Å². The molecular formula is C19H21N2O+. The Hall–Kier alpha value is -2.13. The first-order valence-corrected chi connectivity index (χ1v) is 8.03. The lowest BCUT2D eigenvalue weighted by atomic mass is 10.0. The van der Waals surface area contributed by atoms with E-state index in [1.807, 2.05) is 36.4 Å². The number of para-hydroxylation sites is 1. The van der Waals surface area contributed by atoms with Crippen LogP contribution in [0.3, 0.4) is 0 Å². The third kappa shape index (κ3) is 2.04. The van der Waals surface area contributed by atoms with Gasteiger partial charge in [-0.15, -0.1) is 0 Å². The van der Waals surface area contributed by atoms with E-state index >= 15 is 0 Å². The van der Waals surface area contributed by atoms with Crippen molar-refractivity contribution in [1.29, 1.82) is 0 Å². The molecular weight excluding hydrogens is 272 g/mol. The van der Waals surface area contributed by atoms with Crippen LogP contribution < -0.4 is 4.90 Å². The summed E-state index contributed by atoms with van der Waals surface area (Å²) in [5, 5.41) is 11.5. The minimum atomic E-state index is -0.924. The van der Waals surface area contributed by atoms with Crippen molar-refractivity contribution in [2.24, 2.45) is 0 Å². The van der Waals surface area contributed by atoms with Crippen molar-refractivity contribution in [1.82, 2.24) is 0 Å². The van der Waals surface area contributed by atoms with Gasteiger partial charge in [0.25, 0.3) is 11.6 Å². The minimum Gasteiger partial charge on any atom is -0.346 e. The Kier molecular flexibility index (Phi) is 3.23. The van der Waals surface area contributed by atoms with E-state index in [9.17, 15) is 5.11 Å². The van der Waals surface area contributed by atoms with Gasteiger partial charge in [0.2, 0.25) is 0 Å². The SMILES string of the molecule is OC1(c2ccccc2)CN(c2ccccc2)C2=[N+]1CCCC2. The molecule has 0 bridgehead atoms. The lowest BCUT2D eigenvalue weighted by molar-refractivity contribution is -0.661. The summed E-state index contributed by atoms with van der Waals surface area (Å²) in [7, 11) is 0. The van der Waals surface area contributed by atoms with Gasteiger partial charge in [0, 0.05) is 12.0 Å². The lowest BCUT2D eigenvalue weighted by Crippen LogP contribution is -2.41. The minimum absolute atomic E-state index is 0.594. The van der Waals surface area contributed by atoms with Crippen molar-refractivity contribution in [2.45, 2.75) is 25.0 Å². The maximum Gasteiger partial charge on any atom is 0.271 e. The van der Waals surface area contributed by atoms with Crippen molar-refractivity contribution < 1.29 is 9.68 Å². The van der Waals surface area contributed by atoms with Gasteiger partial charge in [0.15, 0.2) is 6.54 Å². The molecule has 0 saturated heterocycles. The van der Waals surface area contributed by atoms with Crippen LogP contribution in [0.5, 0.6) is 0 Å². The van der Waals surface area contributed by atoms with Gasteiger partial charge < -0.3 is 5.11 Å². The molecule has 2 aliphatic heterocycles. The molecule has 0 fully saturated rings. The van der Waals surface area contributed by atoms with Crippen LogP contribution in [0.15, 0.2) is 60.7 Å². The second-order valence-corrected chi connectivity index (χ2v) is 6.13. The fraction of sp³-hybridized carbons (Fsp3) is 0.316. The standard InChI is InChI=1S/C19H21N2O/c22-19(16-9-3-1-4-10-16)15-20(17-11-5-2-6-12-17)18-13-7-8-14-21(18)19/h1-6,9-12,22H,7-8,13-15H2/q+1. The number of rotatable bonds is 2. The molecule has 112 valence electrons. The van der Waals surface area contributed by atoms with Crippen LogP contribution >= 0.6 is 0 Å². The molecule has 0 amide bonds. The molecule has 2 heterocycles. The fourth-order valence-corrected chi connectivity index (χ4v) is 3.69. The number of nitrogens with zero attached hydrogens (tertiary/aromatic N) is 2. The molecule has 3 nitrogen and oxygen atoms in total. The Labute approximate surface area is 131 Å². The largest absolute Gasteiger partial charge is 0.346 e. The summed E-state index contributed by atoms with van der Waals surface area (Å²) >= 11 is 0. The van der Waals surface area contributed by atoms with Crippen LogP contribution in [-0.2, 0) is 5.72 Å². The fourth-order valence-electron chi connectivity index (χ4n) is 3.69. The molecule has 0 aromatic heterocycles. The smallest absolute Gasteiger partial charge is 0.271 e. The highest BCUT2D eigenvalue weighted by Gasteiger charge is 2.52. The van der Waals surface area contributed by atoms with Crippen molar-refractivity contribution in [3.63, 3.8) is 0 Å². The maximum absolute atomic E-state index is 11.5. The quantitative estimate of drug-likeness (QED) is 0.862. The van der Waals surface area contributed by atoms with Crippen LogP contribution in [0, 0.1) is 0 Å². The number of benzene rings is 2. The Balaban J connectivity index is 1.81. The molecule has 1 atom stereocenters. The average Bonchev–Trinajstić information content (AvgIpc) is 2.91. The number of hydrogen-bond donors (Lipinski definition) is 1. The second kappa shape index (κ2) is 5.25. The number of hydrogen-bond acceptors (Lipinski definition) is 2. The van der Waals surface area contributed by atoms with E-state index in [0.717, 1.165) is 30.6 Å². The summed E-state index contributed by atoms with van der Waals surface area (Å²) in [5.74, 6) is 1.25. The van der Waals surface area contributed by atoms with Crippen LogP contribution in [0.2, 0.25) is 0 Å². The molecule has 4 rings (SSSR count). The summed E-state index contributed by atoms with van der Waals surface area (Å²) < 4.78 is 2.21. The molecule has 0 saturated carbocycles. The third-order valence-electron chi connectivity index (χ3n) is 4.78. The van der Waals surface area contributed by atoms with E-state index in [1.165, 1.54) is 12.3 Å². The number of β-amino-alcohol motifs (C(OH)–C–C–N with tert-alkyl or cyclic N) is 1. The lowest BCUT2D eigenvalue weighted by Gasteiger charge is -2.24. The molecule has 1 unspecified atom stereocenters. The summed E-state index contributed by atoms with van der Waals surface area (Å²) in [6.07, 6.45) is 3.37. The third-order valence-corrected chi connectivity index (χ3v) is 4.78. The molecule has 1 N–H and O–H groups in total. The normalized spacial score (nSPS) is 24.5. The van der Waals surface area contributed by atoms with Crippen LogP contribution in [-0.4, -0.2) is 28.6 Å². The van der Waals surface area contributed by atoms with Gasteiger partial charge in [0.1, 0.15) is 5.69 Å². The van der Waals surface area contributed by atoms with Crippen LogP contribution in [0.4, 0.5) is 5.69 Å². The summed E-state index contributed by atoms with van der Waals surface area (Å²) in [5.41, 5.74) is 1.22. The first-order chi connectivity index (χ1) is 10.8. The average molecular weight is 293 g/mol. The Morgan fingerprint density at radius 3 is 2.32 bits per heavy atom. The highest BCUT2D eigenvalue weighted by molar-refractivity contribution is 5.96. The van der Waals surface area contributed by atoms with Gasteiger partial charge >= 0.3 is 0 Å². The van der Waals surface area contributed by atoms with E-state index in [0.29, 0.717) is 6.54 Å². The van der Waals surface area contributed by atoms with Gasteiger partial charge in [-0.25, -0.2) is 9.48 Å². The molecule has 22 heavy (non-hydrogen) atoms. The van der Waals surface area contributed by atoms with Crippen molar-refractivity contribution in [3.05, 3.63) is 66.2 Å². The molecule has 0 radical (unpaired) electrons. The highest BCUT2D eigenvalue weighted by atomic mass is 16.3. The molecule has 0 aliphatic carbocycles. The van der Waals surface area contributed by atoms with Crippen molar-refractivity contribution in [3.8, 4) is 0 Å². The predicted molar refractivity (Wildman–Crippen MR) is 88.1 cm³/mol. The highest BCUT2D eigenvalue weighted by Crippen LogP contribution is 2.35. The molecule has 2 aliphatic rings. The van der Waals surface area contributed by atoms with Gasteiger partial charge in [-0.1, -0.05) is 48.5 Å². The van der Waals surface area contributed by atoms with Gasteiger partial charge in [-0.05, 0) is 25.0 Å². The monoisotopic (exact) mass is 293 g/mol. The topological polar surface area (TPSA) is 26.5 Å². The Morgan fingerprint density at radius 2 is 1.59 bits per heavy atom. The number of aliphatic hydroxyl groups is 1. The van der Waals surface area contributed by atoms with Crippen LogP contribution in [0.25, 0.3) is 0 Å². The van der Waals surface area contributed by atoms with E-state index in [2.05, 4.69) is 33.7 Å². The zero-order valence-electron chi connectivity index (χ0n) is 12.7. The molecule has 0 spiro atoms. The van der Waals surface area contributed by atoms with Gasteiger partial charge in [-0.3, -0.25) is 0 Å². The van der Waals surface area contributed by atoms with Gasteiger partial charge in [-0.2, -0.15) is 0 Å². The summed E-state index contributed by atoms with van der Waals surface area (Å²) in [6.45, 7) is 1.51. The zero-order valence-corrected chi connectivity index (χ0v) is 12.7. The molecule has 2 aromatic carbocycles. The van der Waals surface area contributed by atoms with Crippen molar-refractivity contribution >= 4 is 11.5 Å². The van der Waals surface area contributed by atoms with Crippen LogP contribution in [0.1, 0.15) is 24.8 Å². The summed E-state index contributed by atoms with van der Waals surface area (Å²) in [4.78, 5) is 2.28. The first-order valence-electron chi connectivity index (χ1n) is 8.03. The summed E-state index contributed by atoms with van der Waals surface area (Å²) in [6, 6.07) is 20.5. The number of amidine groups is 1. The van der Waals surface area contributed by atoms with E-state index in [-0.39, 0.29) is 0 Å². The first kappa shape index (κ1) is 13.5. The Bertz CT molecular complexity index is 696.